The normalized spacial score (nSPS) is 13.9. The maximum Gasteiger partial charge on any atom is 0.0312 e. The van der Waals surface area contributed by atoms with Crippen molar-refractivity contribution in [2.75, 3.05) is 20.1 Å². The Morgan fingerprint density at radius 1 is 1.39 bits per heavy atom. The molecule has 1 N–H and O–H groups in total. The van der Waals surface area contributed by atoms with Gasteiger partial charge in [-0.2, -0.15) is 0 Å². The van der Waals surface area contributed by atoms with Crippen molar-refractivity contribution in [3.05, 3.63) is 30.1 Å². The summed E-state index contributed by atoms with van der Waals surface area (Å²) in [4.78, 5) is 6.50. The monoisotopic (exact) mass is 249 g/mol. The Bertz CT molecular complexity index is 329. The van der Waals surface area contributed by atoms with Gasteiger partial charge < -0.3 is 10.2 Å². The van der Waals surface area contributed by atoms with Crippen LogP contribution in [0.15, 0.2) is 24.5 Å². The van der Waals surface area contributed by atoms with E-state index in [9.17, 15) is 0 Å². The van der Waals surface area contributed by atoms with E-state index in [0.29, 0.717) is 5.92 Å². The smallest absolute Gasteiger partial charge is 0.0312 e. The molecule has 0 aliphatic carbocycles. The highest BCUT2D eigenvalue weighted by atomic mass is 15.1. The zero-order valence-electron chi connectivity index (χ0n) is 12.4. The third-order valence-electron chi connectivity index (χ3n) is 2.78. The second-order valence-corrected chi connectivity index (χ2v) is 6.29. The van der Waals surface area contributed by atoms with Crippen molar-refractivity contribution in [1.82, 2.24) is 15.2 Å². The molecule has 0 bridgehead atoms. The predicted molar refractivity (Wildman–Crippen MR) is 77.5 cm³/mol. The van der Waals surface area contributed by atoms with Crippen molar-refractivity contribution in [2.45, 2.75) is 39.8 Å². The van der Waals surface area contributed by atoms with E-state index in [0.717, 1.165) is 19.6 Å². The second-order valence-electron chi connectivity index (χ2n) is 6.29. The number of aromatic nitrogens is 1. The van der Waals surface area contributed by atoms with E-state index in [4.69, 9.17) is 0 Å². The Hall–Kier alpha value is -0.930. The molecule has 1 unspecified atom stereocenters. The molecule has 1 heterocycles. The molecule has 0 radical (unpaired) electrons. The predicted octanol–water partition coefficient (Wildman–Crippen LogP) is 2.54. The van der Waals surface area contributed by atoms with Gasteiger partial charge in [-0.1, -0.05) is 13.0 Å². The molecule has 0 aliphatic heterocycles. The van der Waals surface area contributed by atoms with Gasteiger partial charge in [0, 0.05) is 31.0 Å². The van der Waals surface area contributed by atoms with Crippen LogP contribution in [0.2, 0.25) is 0 Å². The van der Waals surface area contributed by atoms with Crippen molar-refractivity contribution in [3.63, 3.8) is 0 Å². The molecule has 0 aliphatic rings. The molecule has 3 nitrogen and oxygen atoms in total. The topological polar surface area (TPSA) is 28.2 Å². The first kappa shape index (κ1) is 15.1. The molecule has 0 amide bonds. The van der Waals surface area contributed by atoms with Gasteiger partial charge in [-0.25, -0.2) is 0 Å². The first-order valence-corrected chi connectivity index (χ1v) is 6.69. The molecule has 0 aromatic carbocycles. The summed E-state index contributed by atoms with van der Waals surface area (Å²) in [5.41, 5.74) is 1.48. The molecule has 3 heteroatoms. The zero-order chi connectivity index (χ0) is 13.6. The minimum atomic E-state index is 0.205. The van der Waals surface area contributed by atoms with E-state index in [-0.39, 0.29) is 5.54 Å². The Balaban J connectivity index is 2.29. The quantitative estimate of drug-likeness (QED) is 0.840. The molecule has 1 aromatic rings. The third-order valence-corrected chi connectivity index (χ3v) is 2.78. The van der Waals surface area contributed by atoms with Gasteiger partial charge in [-0.15, -0.1) is 0 Å². The van der Waals surface area contributed by atoms with Crippen LogP contribution in [0, 0.1) is 5.92 Å². The molecule has 18 heavy (non-hydrogen) atoms. The van der Waals surface area contributed by atoms with Gasteiger partial charge in [0.1, 0.15) is 0 Å². The highest BCUT2D eigenvalue weighted by Crippen LogP contribution is 2.06. The van der Waals surface area contributed by atoms with Crippen molar-refractivity contribution < 1.29 is 0 Å². The Morgan fingerprint density at radius 3 is 2.67 bits per heavy atom. The average molecular weight is 249 g/mol. The lowest BCUT2D eigenvalue weighted by atomic mass is 10.1. The third kappa shape index (κ3) is 6.72. The molecule has 1 aromatic heterocycles. The maximum absolute atomic E-state index is 4.15. The van der Waals surface area contributed by atoms with Crippen LogP contribution >= 0.6 is 0 Å². The molecule has 1 rings (SSSR count). The van der Waals surface area contributed by atoms with E-state index in [1.165, 1.54) is 5.56 Å². The highest BCUT2D eigenvalue weighted by Gasteiger charge is 2.12. The molecule has 0 saturated carbocycles. The van der Waals surface area contributed by atoms with Crippen LogP contribution in [0.4, 0.5) is 0 Å². The molecule has 0 spiro atoms. The van der Waals surface area contributed by atoms with E-state index in [1.807, 2.05) is 18.5 Å². The number of pyridine rings is 1. The van der Waals surface area contributed by atoms with E-state index >= 15 is 0 Å². The van der Waals surface area contributed by atoms with Crippen LogP contribution in [0.5, 0.6) is 0 Å². The summed E-state index contributed by atoms with van der Waals surface area (Å²) >= 11 is 0. The molecule has 102 valence electrons. The van der Waals surface area contributed by atoms with Gasteiger partial charge >= 0.3 is 0 Å². The fraction of sp³-hybridized carbons (Fsp3) is 0.667. The Kier molecular flexibility index (Phi) is 5.76. The maximum atomic E-state index is 4.15. The minimum Gasteiger partial charge on any atom is -0.312 e. The van der Waals surface area contributed by atoms with Gasteiger partial charge in [0.2, 0.25) is 0 Å². The van der Waals surface area contributed by atoms with Crippen molar-refractivity contribution in [1.29, 1.82) is 0 Å². The summed E-state index contributed by atoms with van der Waals surface area (Å²) in [6.45, 7) is 12.0. The molecular weight excluding hydrogens is 222 g/mol. The molecule has 0 saturated heterocycles. The van der Waals surface area contributed by atoms with Crippen LogP contribution in [0.3, 0.4) is 0 Å². The zero-order valence-corrected chi connectivity index (χ0v) is 12.4. The van der Waals surface area contributed by atoms with Gasteiger partial charge in [0.15, 0.2) is 0 Å². The lowest BCUT2D eigenvalue weighted by molar-refractivity contribution is 0.261. The van der Waals surface area contributed by atoms with Gasteiger partial charge in [0.05, 0.1) is 0 Å². The lowest BCUT2D eigenvalue weighted by Gasteiger charge is -2.26. The van der Waals surface area contributed by atoms with E-state index in [2.05, 4.69) is 56.0 Å². The van der Waals surface area contributed by atoms with E-state index in [1.54, 1.807) is 0 Å². The van der Waals surface area contributed by atoms with Gasteiger partial charge in [0.25, 0.3) is 0 Å². The summed E-state index contributed by atoms with van der Waals surface area (Å²) in [6, 6.07) is 4.12. The number of hydrogen-bond donors (Lipinski definition) is 1. The fourth-order valence-corrected chi connectivity index (χ4v) is 1.94. The molecule has 0 fully saturated rings. The van der Waals surface area contributed by atoms with Gasteiger partial charge in [-0.3, -0.25) is 4.98 Å². The van der Waals surface area contributed by atoms with Crippen LogP contribution in [-0.2, 0) is 6.54 Å². The van der Waals surface area contributed by atoms with E-state index < -0.39 is 0 Å². The first-order chi connectivity index (χ1) is 8.37. The summed E-state index contributed by atoms with van der Waals surface area (Å²) < 4.78 is 0. The van der Waals surface area contributed by atoms with Crippen LogP contribution < -0.4 is 5.32 Å². The van der Waals surface area contributed by atoms with Gasteiger partial charge in [-0.05, 0) is 51.9 Å². The second kappa shape index (κ2) is 6.86. The fourth-order valence-electron chi connectivity index (χ4n) is 1.94. The Labute approximate surface area is 112 Å². The van der Waals surface area contributed by atoms with Crippen molar-refractivity contribution >= 4 is 0 Å². The number of rotatable bonds is 6. The van der Waals surface area contributed by atoms with Crippen LogP contribution in [-0.4, -0.2) is 35.6 Å². The number of hydrogen-bond acceptors (Lipinski definition) is 3. The number of nitrogens with zero attached hydrogens (tertiary/aromatic N) is 2. The van der Waals surface area contributed by atoms with Crippen LogP contribution in [0.1, 0.15) is 33.3 Å². The first-order valence-electron chi connectivity index (χ1n) is 6.69. The van der Waals surface area contributed by atoms with Crippen LogP contribution in [0.25, 0.3) is 0 Å². The Morgan fingerprint density at radius 2 is 2.11 bits per heavy atom. The summed E-state index contributed by atoms with van der Waals surface area (Å²) in [5, 5.41) is 3.55. The number of nitrogens with one attached hydrogen (secondary N) is 1. The SMILES string of the molecule is CC(CNC(C)(C)C)CN(C)Cc1cccnc1. The molecule has 1 atom stereocenters. The summed E-state index contributed by atoms with van der Waals surface area (Å²) in [7, 11) is 2.17. The summed E-state index contributed by atoms with van der Waals surface area (Å²) in [5.74, 6) is 0.644. The standard InChI is InChI=1S/C15H27N3/c1-13(9-17-15(2,3)4)11-18(5)12-14-7-6-8-16-10-14/h6-8,10,13,17H,9,11-12H2,1-5H3. The average Bonchev–Trinajstić information content (AvgIpc) is 2.26. The molecular formula is C15H27N3. The lowest BCUT2D eigenvalue weighted by Crippen LogP contribution is -2.40. The minimum absolute atomic E-state index is 0.205. The largest absolute Gasteiger partial charge is 0.312 e. The van der Waals surface area contributed by atoms with Crippen molar-refractivity contribution in [3.8, 4) is 0 Å². The highest BCUT2D eigenvalue weighted by molar-refractivity contribution is 5.07. The summed E-state index contributed by atoms with van der Waals surface area (Å²) in [6.07, 6.45) is 3.76. The van der Waals surface area contributed by atoms with Crippen molar-refractivity contribution in [2.24, 2.45) is 5.92 Å².